The second kappa shape index (κ2) is 8.61. The number of aromatic nitrogens is 3. The van der Waals surface area contributed by atoms with Crippen LogP contribution in [0.4, 0.5) is 5.82 Å². The van der Waals surface area contributed by atoms with E-state index in [9.17, 15) is 9.59 Å². The summed E-state index contributed by atoms with van der Waals surface area (Å²) < 4.78 is 1.43. The van der Waals surface area contributed by atoms with E-state index in [-0.39, 0.29) is 24.3 Å². The molecule has 8 nitrogen and oxygen atoms in total. The van der Waals surface area contributed by atoms with Gasteiger partial charge in [-0.1, -0.05) is 19.1 Å². The molecule has 0 aromatic carbocycles. The van der Waals surface area contributed by atoms with Gasteiger partial charge in [-0.15, -0.1) is 5.10 Å². The van der Waals surface area contributed by atoms with Crippen LogP contribution in [0.1, 0.15) is 33.1 Å². The van der Waals surface area contributed by atoms with E-state index in [1.807, 2.05) is 0 Å². The predicted molar refractivity (Wildman–Crippen MR) is 86.8 cm³/mol. The Balaban J connectivity index is 1.64. The van der Waals surface area contributed by atoms with Gasteiger partial charge >= 0.3 is 0 Å². The lowest BCUT2D eigenvalue weighted by atomic mass is 10.3. The third-order valence-corrected chi connectivity index (χ3v) is 3.91. The largest absolute Gasteiger partial charge is 0.354 e. The third-order valence-electron chi connectivity index (χ3n) is 3.91. The third kappa shape index (κ3) is 5.97. The van der Waals surface area contributed by atoms with Crippen LogP contribution in [0.2, 0.25) is 0 Å². The van der Waals surface area contributed by atoms with E-state index in [4.69, 9.17) is 0 Å². The SMILES string of the molecule is CCN(CC)CCCNC(=O)Cn1cc(NC(=O)C2CC2)nn1. The maximum absolute atomic E-state index is 11.8. The van der Waals surface area contributed by atoms with Crippen LogP contribution < -0.4 is 10.6 Å². The highest BCUT2D eigenvalue weighted by atomic mass is 16.2. The molecule has 2 amide bonds. The summed E-state index contributed by atoms with van der Waals surface area (Å²) in [6, 6.07) is 0. The molecular formula is C15H26N6O2. The number of rotatable bonds is 10. The molecule has 1 aromatic rings. The number of anilines is 1. The summed E-state index contributed by atoms with van der Waals surface area (Å²) in [7, 11) is 0. The van der Waals surface area contributed by atoms with E-state index in [1.165, 1.54) is 4.68 Å². The van der Waals surface area contributed by atoms with Crippen molar-refractivity contribution in [1.29, 1.82) is 0 Å². The monoisotopic (exact) mass is 322 g/mol. The first-order valence-electron chi connectivity index (χ1n) is 8.32. The van der Waals surface area contributed by atoms with Gasteiger partial charge in [-0.05, 0) is 38.9 Å². The van der Waals surface area contributed by atoms with Gasteiger partial charge in [0, 0.05) is 12.5 Å². The molecule has 1 heterocycles. The lowest BCUT2D eigenvalue weighted by Crippen LogP contribution is -2.31. The minimum absolute atomic E-state index is 0.0158. The maximum Gasteiger partial charge on any atom is 0.241 e. The highest BCUT2D eigenvalue weighted by Gasteiger charge is 2.30. The van der Waals surface area contributed by atoms with E-state index in [0.29, 0.717) is 12.4 Å². The van der Waals surface area contributed by atoms with Crippen molar-refractivity contribution in [2.24, 2.45) is 5.92 Å². The van der Waals surface area contributed by atoms with E-state index >= 15 is 0 Å². The predicted octanol–water partition coefficient (Wildman–Crippen LogP) is 0.475. The Morgan fingerprint density at radius 2 is 2.09 bits per heavy atom. The van der Waals surface area contributed by atoms with Crippen molar-refractivity contribution in [3.05, 3.63) is 6.20 Å². The molecule has 1 saturated carbocycles. The molecule has 2 rings (SSSR count). The highest BCUT2D eigenvalue weighted by molar-refractivity contribution is 5.93. The minimum Gasteiger partial charge on any atom is -0.354 e. The summed E-state index contributed by atoms with van der Waals surface area (Å²) >= 11 is 0. The molecule has 23 heavy (non-hydrogen) atoms. The fourth-order valence-electron chi connectivity index (χ4n) is 2.28. The van der Waals surface area contributed by atoms with Crippen molar-refractivity contribution >= 4 is 17.6 Å². The fraction of sp³-hybridized carbons (Fsp3) is 0.733. The zero-order valence-electron chi connectivity index (χ0n) is 13.9. The summed E-state index contributed by atoms with van der Waals surface area (Å²) in [4.78, 5) is 25.8. The van der Waals surface area contributed by atoms with Gasteiger partial charge in [-0.2, -0.15) is 0 Å². The van der Waals surface area contributed by atoms with Crippen LogP contribution in [-0.2, 0) is 16.1 Å². The van der Waals surface area contributed by atoms with E-state index < -0.39 is 0 Å². The number of carbonyl (C=O) groups excluding carboxylic acids is 2. The van der Waals surface area contributed by atoms with Gasteiger partial charge < -0.3 is 15.5 Å². The normalized spacial score (nSPS) is 14.0. The Morgan fingerprint density at radius 1 is 1.35 bits per heavy atom. The van der Waals surface area contributed by atoms with Crippen LogP contribution in [0.15, 0.2) is 6.20 Å². The van der Waals surface area contributed by atoms with Crippen molar-refractivity contribution in [2.45, 2.75) is 39.7 Å². The van der Waals surface area contributed by atoms with Crippen LogP contribution in [0.5, 0.6) is 0 Å². The molecule has 8 heteroatoms. The Kier molecular flexibility index (Phi) is 6.52. The molecule has 0 aliphatic heterocycles. The molecular weight excluding hydrogens is 296 g/mol. The zero-order valence-corrected chi connectivity index (χ0v) is 13.9. The van der Waals surface area contributed by atoms with E-state index in [0.717, 1.165) is 38.9 Å². The number of hydrogen-bond acceptors (Lipinski definition) is 5. The molecule has 0 saturated heterocycles. The topological polar surface area (TPSA) is 92.2 Å². The molecule has 1 fully saturated rings. The average molecular weight is 322 g/mol. The summed E-state index contributed by atoms with van der Waals surface area (Å²) in [6.45, 7) is 8.05. The Labute approximate surface area is 136 Å². The molecule has 0 spiro atoms. The smallest absolute Gasteiger partial charge is 0.241 e. The molecule has 0 atom stereocenters. The van der Waals surface area contributed by atoms with Crippen molar-refractivity contribution < 1.29 is 9.59 Å². The highest BCUT2D eigenvalue weighted by Crippen LogP contribution is 2.29. The number of hydrogen-bond donors (Lipinski definition) is 2. The molecule has 0 bridgehead atoms. The van der Waals surface area contributed by atoms with Crippen LogP contribution in [0, 0.1) is 5.92 Å². The first kappa shape index (κ1) is 17.4. The fourth-order valence-corrected chi connectivity index (χ4v) is 2.28. The van der Waals surface area contributed by atoms with Crippen molar-refractivity contribution in [3.63, 3.8) is 0 Å². The van der Waals surface area contributed by atoms with Gasteiger partial charge in [0.05, 0.1) is 6.20 Å². The first-order chi connectivity index (χ1) is 11.1. The minimum atomic E-state index is -0.102. The molecule has 0 unspecified atom stereocenters. The number of nitrogens with zero attached hydrogens (tertiary/aromatic N) is 4. The molecule has 2 N–H and O–H groups in total. The summed E-state index contributed by atoms with van der Waals surface area (Å²) in [5.41, 5.74) is 0. The van der Waals surface area contributed by atoms with Gasteiger partial charge in [0.25, 0.3) is 0 Å². The average Bonchev–Trinajstić information content (AvgIpc) is 3.30. The Morgan fingerprint density at radius 3 is 2.74 bits per heavy atom. The molecule has 1 aliphatic rings. The number of carbonyl (C=O) groups is 2. The molecule has 0 radical (unpaired) electrons. The Hall–Kier alpha value is -1.96. The maximum atomic E-state index is 11.8. The van der Waals surface area contributed by atoms with Crippen molar-refractivity contribution in [3.8, 4) is 0 Å². The second-order valence-electron chi connectivity index (χ2n) is 5.80. The number of amides is 2. The summed E-state index contributed by atoms with van der Waals surface area (Å²) in [5, 5.41) is 13.3. The van der Waals surface area contributed by atoms with Gasteiger partial charge in [0.2, 0.25) is 11.8 Å². The number of nitrogens with one attached hydrogen (secondary N) is 2. The summed E-state index contributed by atoms with van der Waals surface area (Å²) in [5.74, 6) is 0.401. The van der Waals surface area contributed by atoms with Gasteiger partial charge in [-0.25, -0.2) is 4.68 Å². The van der Waals surface area contributed by atoms with Gasteiger partial charge in [0.1, 0.15) is 6.54 Å². The van der Waals surface area contributed by atoms with E-state index in [2.05, 4.69) is 39.7 Å². The Bertz CT molecular complexity index is 522. The first-order valence-corrected chi connectivity index (χ1v) is 8.32. The lowest BCUT2D eigenvalue weighted by molar-refractivity contribution is -0.122. The van der Waals surface area contributed by atoms with Crippen LogP contribution >= 0.6 is 0 Å². The van der Waals surface area contributed by atoms with Gasteiger partial charge in [-0.3, -0.25) is 9.59 Å². The molecule has 1 aliphatic carbocycles. The standard InChI is InChI=1S/C15H26N6O2/c1-3-20(4-2)9-5-8-16-14(22)11-21-10-13(18-19-21)17-15(23)12-6-7-12/h10,12H,3-9,11H2,1-2H3,(H,16,22)(H,17,23). The molecule has 128 valence electrons. The molecule has 1 aromatic heterocycles. The summed E-state index contributed by atoms with van der Waals surface area (Å²) in [6.07, 6.45) is 4.38. The van der Waals surface area contributed by atoms with Crippen molar-refractivity contribution in [1.82, 2.24) is 25.2 Å². The van der Waals surface area contributed by atoms with Crippen molar-refractivity contribution in [2.75, 3.05) is 31.5 Å². The van der Waals surface area contributed by atoms with Crippen LogP contribution in [0.3, 0.4) is 0 Å². The second-order valence-corrected chi connectivity index (χ2v) is 5.80. The zero-order chi connectivity index (χ0) is 16.7. The van der Waals surface area contributed by atoms with E-state index in [1.54, 1.807) is 6.20 Å². The van der Waals surface area contributed by atoms with Crippen LogP contribution in [0.25, 0.3) is 0 Å². The van der Waals surface area contributed by atoms with Crippen LogP contribution in [-0.4, -0.2) is 57.9 Å². The lowest BCUT2D eigenvalue weighted by Gasteiger charge is -2.17. The van der Waals surface area contributed by atoms with Gasteiger partial charge in [0.15, 0.2) is 5.82 Å². The quantitative estimate of drug-likeness (QED) is 0.611.